The van der Waals surface area contributed by atoms with Crippen LogP contribution < -0.4 is 27.9 Å². The van der Waals surface area contributed by atoms with Crippen LogP contribution in [0.5, 0.6) is 0 Å². The molecule has 20 nitrogen and oxygen atoms in total. The van der Waals surface area contributed by atoms with Crippen LogP contribution in [0, 0.1) is 6.92 Å². The van der Waals surface area contributed by atoms with E-state index in [0.717, 1.165) is 0 Å². The maximum absolute atomic E-state index is 11.5. The Morgan fingerprint density at radius 2 is 1.18 bits per heavy atom. The number of aromatic nitrogens is 8. The van der Waals surface area contributed by atoms with Gasteiger partial charge in [0.05, 0.1) is 25.2 Å². The van der Waals surface area contributed by atoms with Gasteiger partial charge in [-0.15, -0.1) is 0 Å². The minimum atomic E-state index is -0.190. The van der Waals surface area contributed by atoms with Gasteiger partial charge in [0.1, 0.15) is 35.0 Å². The van der Waals surface area contributed by atoms with Crippen LogP contribution >= 0.6 is 0 Å². The smallest absolute Gasteiger partial charge is 0.279 e. The summed E-state index contributed by atoms with van der Waals surface area (Å²) in [6.07, 6.45) is 13.1. The number of aryl methyl sites for hydroxylation is 1. The summed E-state index contributed by atoms with van der Waals surface area (Å²) in [5.74, 6) is 3.39. The van der Waals surface area contributed by atoms with Crippen molar-refractivity contribution in [2.24, 2.45) is 26.6 Å². The van der Waals surface area contributed by atoms with Crippen LogP contribution in [0.1, 0.15) is 102 Å². The third kappa shape index (κ3) is 14.3. The normalized spacial score (nSPS) is 14.3. The van der Waals surface area contributed by atoms with Crippen molar-refractivity contribution in [2.45, 2.75) is 121 Å². The summed E-state index contributed by atoms with van der Waals surface area (Å²) in [5.41, 5.74) is 12.6. The number of hydrogen-bond acceptors (Lipinski definition) is 15. The first kappa shape index (κ1) is 52.9. The van der Waals surface area contributed by atoms with Crippen LogP contribution in [0.3, 0.4) is 0 Å². The van der Waals surface area contributed by atoms with E-state index in [2.05, 4.69) is 83.9 Å². The Hall–Kier alpha value is -7.12. The fourth-order valence-electron chi connectivity index (χ4n) is 5.43. The lowest BCUT2D eigenvalue weighted by Gasteiger charge is -2.29. The van der Waals surface area contributed by atoms with Crippen LogP contribution in [0.4, 0.5) is 0 Å². The molecule has 0 saturated carbocycles. The van der Waals surface area contributed by atoms with Gasteiger partial charge in [-0.1, -0.05) is 34.6 Å². The largest absolute Gasteiger partial charge is 0.384 e. The van der Waals surface area contributed by atoms with Crippen LogP contribution in [0.15, 0.2) is 105 Å². The minimum Gasteiger partial charge on any atom is -0.384 e. The molecule has 0 radical (unpaired) electrons. The summed E-state index contributed by atoms with van der Waals surface area (Å²) < 4.78 is 3.75. The topological polar surface area (TPSA) is 255 Å². The first-order valence-electron chi connectivity index (χ1n) is 19.3. The van der Waals surface area contributed by atoms with Crippen molar-refractivity contribution in [3.63, 3.8) is 0 Å². The van der Waals surface area contributed by atoms with Crippen molar-refractivity contribution >= 4 is 46.1 Å². The third-order valence-electron chi connectivity index (χ3n) is 8.40. The van der Waals surface area contributed by atoms with Gasteiger partial charge in [-0.25, -0.2) is 34.9 Å². The molecule has 4 aromatic rings. The Morgan fingerprint density at radius 3 is 1.68 bits per heavy atom. The Balaban J connectivity index is 0.000000386. The predicted molar refractivity (Wildman–Crippen MR) is 252 cm³/mol. The number of amides is 1. The number of nitrogens with zero attached hydrogens (tertiary/aromatic N) is 12. The van der Waals surface area contributed by atoms with Gasteiger partial charge in [-0.3, -0.25) is 14.4 Å². The molecule has 3 aliphatic rings. The SMILES string of the molecule is C.C.C=C1N=C(N)C=CN1C(C)C.C=C1N=C(N)C=NN1C(C)C.C=C1NC(=O)C=CN1C(C)C.CC(C)n1cnc2c(=O)[nH]cnc21.Cc1nc2c(ncn2C(C)C)c(=O)[nH]1. The molecule has 7 rings (SSSR count). The second kappa shape index (κ2) is 23.6. The number of fused-ring (bicyclic) bond motifs is 2. The highest BCUT2D eigenvalue weighted by Gasteiger charge is 2.16. The molecular weight excluding hydrogens is 791 g/mol. The second-order valence-electron chi connectivity index (χ2n) is 14.9. The van der Waals surface area contributed by atoms with Crippen molar-refractivity contribution in [1.29, 1.82) is 0 Å². The average Bonchev–Trinajstić information content (AvgIpc) is 3.79. The van der Waals surface area contributed by atoms with Gasteiger partial charge in [0.15, 0.2) is 22.3 Å². The quantitative estimate of drug-likeness (QED) is 0.170. The number of carbonyl (C=O) groups is 1. The Bertz CT molecular complexity index is 2390. The number of amidine groups is 2. The second-order valence-corrected chi connectivity index (χ2v) is 14.9. The van der Waals surface area contributed by atoms with Gasteiger partial charge < -0.3 is 45.7 Å². The monoisotopic (exact) mass is 858 g/mol. The van der Waals surface area contributed by atoms with Crippen molar-refractivity contribution in [2.75, 3.05) is 0 Å². The molecule has 62 heavy (non-hydrogen) atoms. The number of hydrogen-bond donors (Lipinski definition) is 5. The molecule has 3 aliphatic heterocycles. The number of nitrogens with two attached hydrogens (primary N) is 2. The van der Waals surface area contributed by atoms with E-state index in [-0.39, 0.29) is 50.0 Å². The van der Waals surface area contributed by atoms with Gasteiger partial charge in [0, 0.05) is 48.7 Å². The number of hydrazone groups is 1. The Labute approximate surface area is 364 Å². The molecule has 0 bridgehead atoms. The number of aromatic amines is 2. The zero-order chi connectivity index (χ0) is 45.0. The average molecular weight is 858 g/mol. The molecule has 0 fully saturated rings. The molecular formula is C42H67N17O3. The van der Waals surface area contributed by atoms with Crippen LogP contribution in [0.2, 0.25) is 0 Å². The van der Waals surface area contributed by atoms with E-state index in [1.165, 1.54) is 18.6 Å². The van der Waals surface area contributed by atoms with Gasteiger partial charge in [0.2, 0.25) is 0 Å². The fourth-order valence-corrected chi connectivity index (χ4v) is 5.43. The lowest BCUT2D eigenvalue weighted by atomic mass is 10.3. The van der Waals surface area contributed by atoms with E-state index >= 15 is 0 Å². The summed E-state index contributed by atoms with van der Waals surface area (Å²) in [4.78, 5) is 66.8. The number of H-pyrrole nitrogens is 2. The molecule has 0 spiro atoms. The molecule has 0 atom stereocenters. The Kier molecular flexibility index (Phi) is 20.1. The summed E-state index contributed by atoms with van der Waals surface area (Å²) in [7, 11) is 0. The molecule has 7 heterocycles. The molecule has 1 amide bonds. The molecule has 0 aliphatic carbocycles. The molecule has 0 unspecified atom stereocenters. The van der Waals surface area contributed by atoms with Crippen molar-refractivity contribution < 1.29 is 4.79 Å². The van der Waals surface area contributed by atoms with Crippen LogP contribution in [-0.2, 0) is 4.79 Å². The maximum atomic E-state index is 11.5. The third-order valence-corrected chi connectivity index (χ3v) is 8.40. The summed E-state index contributed by atoms with van der Waals surface area (Å²) in [6.45, 7) is 33.3. The molecule has 0 aromatic carbocycles. The summed E-state index contributed by atoms with van der Waals surface area (Å²) in [5, 5.41) is 8.38. The number of imidazole rings is 2. The number of nitrogens with one attached hydrogen (secondary N) is 3. The standard InChI is InChI=1S/C9H12N4O.C8H10N4O.C8H13N3.C8H12N2O.C7H12N4.2CH4/c1-5(2)13-4-10-7-8(13)11-6(3)12-9(7)14;1-5(2)12-4-11-6-7(12)9-3-10-8(6)13;1-6(2)11-5-4-8(9)10-7(11)3;1-6(2)10-5-4-8(11)9-7(10)3;1-5(2)11-6(3)10-7(8)4-9-11;;/h4-5H,1-3H3,(H,11,12,14);3-5H,1-2H3,(H,9,10,13);4-6H,3H2,1-2H3,(H2,9,10);4-6H,3H2,1-2H3,(H,9,11);4-5H,3H2,1-2H3,(H2,8,10);2*1H4. The van der Waals surface area contributed by atoms with E-state index in [1.807, 2.05) is 80.5 Å². The Morgan fingerprint density at radius 1 is 0.645 bits per heavy atom. The molecule has 7 N–H and O–H groups in total. The number of aliphatic imine (C=N–C) groups is 2. The zero-order valence-electron chi connectivity index (χ0n) is 36.4. The highest BCUT2D eigenvalue weighted by atomic mass is 16.2. The molecule has 20 heteroatoms. The van der Waals surface area contributed by atoms with Crippen molar-refractivity contribution in [3.8, 4) is 0 Å². The number of rotatable bonds is 5. The minimum absolute atomic E-state index is 0. The lowest BCUT2D eigenvalue weighted by molar-refractivity contribution is -0.116. The van der Waals surface area contributed by atoms with E-state index in [4.69, 9.17) is 11.5 Å². The first-order valence-corrected chi connectivity index (χ1v) is 19.3. The summed E-state index contributed by atoms with van der Waals surface area (Å²) >= 11 is 0. The van der Waals surface area contributed by atoms with Gasteiger partial charge in [-0.05, 0) is 82.2 Å². The van der Waals surface area contributed by atoms with Gasteiger partial charge in [0.25, 0.3) is 17.0 Å². The van der Waals surface area contributed by atoms with Gasteiger partial charge in [-0.2, -0.15) is 5.10 Å². The zero-order valence-corrected chi connectivity index (χ0v) is 36.4. The van der Waals surface area contributed by atoms with Gasteiger partial charge >= 0.3 is 0 Å². The van der Waals surface area contributed by atoms with E-state index in [1.54, 1.807) is 36.9 Å². The van der Waals surface area contributed by atoms with Crippen LogP contribution in [0.25, 0.3) is 22.3 Å². The summed E-state index contributed by atoms with van der Waals surface area (Å²) in [6, 6.07) is 1.51. The van der Waals surface area contributed by atoms with Crippen LogP contribution in [-0.4, -0.2) is 95.8 Å². The van der Waals surface area contributed by atoms with Crippen molar-refractivity contribution in [3.05, 3.63) is 107 Å². The highest BCUT2D eigenvalue weighted by Crippen LogP contribution is 2.15. The molecule has 338 valence electrons. The highest BCUT2D eigenvalue weighted by molar-refractivity contribution is 6.29. The molecule has 4 aromatic heterocycles. The van der Waals surface area contributed by atoms with E-state index in [9.17, 15) is 14.4 Å². The maximum Gasteiger partial charge on any atom is 0.279 e. The first-order chi connectivity index (χ1) is 28.1. The van der Waals surface area contributed by atoms with Crippen molar-refractivity contribution in [1.82, 2.24) is 59.2 Å². The fraction of sp³-hybridized carbons (Fsp3) is 0.429. The van der Waals surface area contributed by atoms with E-state index in [0.29, 0.717) is 69.4 Å². The number of carbonyl (C=O) groups excluding carboxylic acids is 1. The predicted octanol–water partition coefficient (Wildman–Crippen LogP) is 5.37. The molecule has 0 saturated heterocycles. The van der Waals surface area contributed by atoms with E-state index < -0.39 is 0 Å². The lowest BCUT2D eigenvalue weighted by Crippen LogP contribution is -2.38.